The molecule has 4 aromatic rings. The zero-order valence-electron chi connectivity index (χ0n) is 20.9. The Kier molecular flexibility index (Phi) is 7.21. The van der Waals surface area contributed by atoms with Crippen LogP contribution < -0.4 is 20.5 Å². The molecule has 5 rings (SSSR count). The van der Waals surface area contributed by atoms with E-state index in [-0.39, 0.29) is 23.3 Å². The molecule has 1 atom stereocenters. The number of likely N-dealkylation sites (tertiary alicyclic amines) is 1. The highest BCUT2D eigenvalue weighted by Crippen LogP contribution is 2.24. The van der Waals surface area contributed by atoms with Crippen molar-refractivity contribution in [3.05, 3.63) is 90.4 Å². The maximum Gasteiger partial charge on any atom is 0.415 e. The van der Waals surface area contributed by atoms with E-state index in [1.807, 2.05) is 49.6 Å². The number of ether oxygens (including phenoxy) is 2. The van der Waals surface area contributed by atoms with Gasteiger partial charge in [-0.15, -0.1) is 0 Å². The fraction of sp³-hybridized carbons (Fsp3) is 0.214. The minimum atomic E-state index is -0.485. The van der Waals surface area contributed by atoms with Crippen molar-refractivity contribution in [3.63, 3.8) is 0 Å². The maximum absolute atomic E-state index is 13.0. The van der Waals surface area contributed by atoms with Gasteiger partial charge in [-0.25, -0.2) is 9.78 Å². The minimum Gasteiger partial charge on any atom is -0.489 e. The van der Waals surface area contributed by atoms with Gasteiger partial charge < -0.3 is 25.4 Å². The van der Waals surface area contributed by atoms with Gasteiger partial charge in [-0.3, -0.25) is 9.48 Å². The number of aryl methyl sites for hydroxylation is 1. The molecule has 2 aromatic heterocycles. The first-order valence-corrected chi connectivity index (χ1v) is 12.2. The average Bonchev–Trinajstić information content (AvgIpc) is 3.58. The van der Waals surface area contributed by atoms with Crippen LogP contribution in [-0.2, 0) is 13.7 Å². The molecule has 2 aromatic carbocycles. The summed E-state index contributed by atoms with van der Waals surface area (Å²) in [5.41, 5.74) is 8.88. The lowest BCUT2D eigenvalue weighted by molar-refractivity contribution is 0.0937. The summed E-state index contributed by atoms with van der Waals surface area (Å²) < 4.78 is 13.1. The molecular weight excluding hydrogens is 484 g/mol. The first-order valence-electron chi connectivity index (χ1n) is 12.2. The van der Waals surface area contributed by atoms with Gasteiger partial charge in [-0.1, -0.05) is 36.4 Å². The van der Waals surface area contributed by atoms with Crippen molar-refractivity contribution in [2.75, 3.05) is 18.8 Å². The van der Waals surface area contributed by atoms with Gasteiger partial charge in [0.2, 0.25) is 0 Å². The number of hydrogen-bond acceptors (Lipinski definition) is 7. The van der Waals surface area contributed by atoms with E-state index in [1.165, 1.54) is 0 Å². The molecule has 0 saturated carbocycles. The van der Waals surface area contributed by atoms with Crippen LogP contribution in [-0.4, -0.2) is 50.8 Å². The van der Waals surface area contributed by atoms with Gasteiger partial charge in [-0.2, -0.15) is 5.10 Å². The Morgan fingerprint density at radius 2 is 1.87 bits per heavy atom. The molecular formula is C28H28N6O4. The van der Waals surface area contributed by atoms with E-state index in [0.29, 0.717) is 37.6 Å². The molecule has 0 spiro atoms. The fourth-order valence-electron chi connectivity index (χ4n) is 4.23. The largest absolute Gasteiger partial charge is 0.489 e. The van der Waals surface area contributed by atoms with Gasteiger partial charge in [0.25, 0.3) is 5.91 Å². The highest BCUT2D eigenvalue weighted by atomic mass is 16.6. The second-order valence-electron chi connectivity index (χ2n) is 9.08. The number of anilines is 1. The number of nitrogens with zero attached hydrogens (tertiary/aromatic N) is 4. The fourth-order valence-corrected chi connectivity index (χ4v) is 4.23. The lowest BCUT2D eigenvalue weighted by atomic mass is 10.1. The SMILES string of the molecule is Cn1cc(-c2cnc(N)c(C(=O)N[C@@H]3CCN(C(=O)Oc4cccc(OCc5ccccc5)c4)C3)c2)cn1. The molecule has 3 heterocycles. The van der Waals surface area contributed by atoms with E-state index in [9.17, 15) is 9.59 Å². The summed E-state index contributed by atoms with van der Waals surface area (Å²) in [5.74, 6) is 0.785. The Balaban J connectivity index is 1.15. The van der Waals surface area contributed by atoms with Crippen LogP contribution in [0.3, 0.4) is 0 Å². The smallest absolute Gasteiger partial charge is 0.415 e. The Labute approximate surface area is 220 Å². The van der Waals surface area contributed by atoms with Crippen molar-refractivity contribution in [3.8, 4) is 22.6 Å². The molecule has 0 bridgehead atoms. The third-order valence-corrected chi connectivity index (χ3v) is 6.24. The molecule has 10 heteroatoms. The second kappa shape index (κ2) is 11.0. The summed E-state index contributed by atoms with van der Waals surface area (Å²) >= 11 is 0. The van der Waals surface area contributed by atoms with Crippen LogP contribution in [0.4, 0.5) is 10.6 Å². The van der Waals surface area contributed by atoms with Crippen molar-refractivity contribution in [2.24, 2.45) is 7.05 Å². The molecule has 194 valence electrons. The summed E-state index contributed by atoms with van der Waals surface area (Å²) in [7, 11) is 1.81. The van der Waals surface area contributed by atoms with Crippen LogP contribution in [0, 0.1) is 0 Å². The first-order chi connectivity index (χ1) is 18.4. The summed E-state index contributed by atoms with van der Waals surface area (Å²) in [6.45, 7) is 1.19. The molecule has 0 radical (unpaired) electrons. The Morgan fingerprint density at radius 1 is 1.05 bits per heavy atom. The molecule has 38 heavy (non-hydrogen) atoms. The lowest BCUT2D eigenvalue weighted by Gasteiger charge is -2.17. The van der Waals surface area contributed by atoms with Crippen LogP contribution in [0.1, 0.15) is 22.3 Å². The van der Waals surface area contributed by atoms with Crippen LogP contribution >= 0.6 is 0 Å². The molecule has 1 aliphatic rings. The van der Waals surface area contributed by atoms with E-state index < -0.39 is 6.09 Å². The van der Waals surface area contributed by atoms with Crippen molar-refractivity contribution < 1.29 is 19.1 Å². The van der Waals surface area contributed by atoms with E-state index >= 15 is 0 Å². The number of nitrogens with one attached hydrogen (secondary N) is 1. The average molecular weight is 513 g/mol. The van der Waals surface area contributed by atoms with Crippen LogP contribution in [0.5, 0.6) is 11.5 Å². The molecule has 2 amide bonds. The minimum absolute atomic E-state index is 0.138. The van der Waals surface area contributed by atoms with Crippen molar-refractivity contribution in [1.82, 2.24) is 25.0 Å². The van der Waals surface area contributed by atoms with Gasteiger partial charge in [0.05, 0.1) is 11.8 Å². The molecule has 10 nitrogen and oxygen atoms in total. The number of rotatable bonds is 7. The third kappa shape index (κ3) is 5.92. The first kappa shape index (κ1) is 24.8. The van der Waals surface area contributed by atoms with Crippen LogP contribution in [0.25, 0.3) is 11.1 Å². The van der Waals surface area contributed by atoms with Gasteiger partial charge in [-0.05, 0) is 30.2 Å². The number of benzene rings is 2. The molecule has 1 fully saturated rings. The summed E-state index contributed by atoms with van der Waals surface area (Å²) in [6.07, 6.45) is 5.25. The van der Waals surface area contributed by atoms with Crippen molar-refractivity contribution in [2.45, 2.75) is 19.1 Å². The van der Waals surface area contributed by atoms with Crippen molar-refractivity contribution >= 4 is 17.8 Å². The van der Waals surface area contributed by atoms with Crippen molar-refractivity contribution in [1.29, 1.82) is 0 Å². The summed E-state index contributed by atoms with van der Waals surface area (Å²) in [6, 6.07) is 18.2. The molecule has 0 aliphatic carbocycles. The van der Waals surface area contributed by atoms with Gasteiger partial charge in [0.15, 0.2) is 0 Å². The Morgan fingerprint density at radius 3 is 2.66 bits per heavy atom. The third-order valence-electron chi connectivity index (χ3n) is 6.24. The number of aromatic nitrogens is 3. The highest BCUT2D eigenvalue weighted by Gasteiger charge is 2.29. The lowest BCUT2D eigenvalue weighted by Crippen LogP contribution is -2.39. The number of nitrogen functional groups attached to an aromatic ring is 1. The number of carbonyl (C=O) groups is 2. The van der Waals surface area contributed by atoms with Gasteiger partial charge in [0.1, 0.15) is 23.9 Å². The Hall–Kier alpha value is -4.86. The predicted molar refractivity (Wildman–Crippen MR) is 142 cm³/mol. The van der Waals surface area contributed by atoms with Crippen LogP contribution in [0.15, 0.2) is 79.3 Å². The molecule has 0 unspecified atom stereocenters. The maximum atomic E-state index is 13.0. The van der Waals surface area contributed by atoms with Gasteiger partial charge >= 0.3 is 6.09 Å². The number of pyridine rings is 1. The zero-order chi connectivity index (χ0) is 26.5. The molecule has 3 N–H and O–H groups in total. The zero-order valence-corrected chi connectivity index (χ0v) is 20.9. The van der Waals surface area contributed by atoms with Gasteiger partial charge in [0, 0.05) is 55.8 Å². The number of amides is 2. The second-order valence-corrected chi connectivity index (χ2v) is 9.08. The molecule has 1 aliphatic heterocycles. The number of hydrogen-bond donors (Lipinski definition) is 2. The summed E-state index contributed by atoms with van der Waals surface area (Å²) in [4.78, 5) is 31.5. The molecule has 1 saturated heterocycles. The van der Waals surface area contributed by atoms with E-state index in [2.05, 4.69) is 15.4 Å². The topological polar surface area (TPSA) is 125 Å². The van der Waals surface area contributed by atoms with Crippen LogP contribution in [0.2, 0.25) is 0 Å². The Bertz CT molecular complexity index is 1440. The quantitative estimate of drug-likeness (QED) is 0.387. The summed E-state index contributed by atoms with van der Waals surface area (Å²) in [5, 5.41) is 7.12. The standard InChI is InChI=1S/C28H28N6O4/c1-33-16-21(15-31-33)20-12-25(26(29)30-14-20)27(35)32-22-10-11-34(17-22)28(36)38-24-9-5-8-23(13-24)37-18-19-6-3-2-4-7-19/h2-9,12-16,22H,10-11,17-18H2,1H3,(H2,29,30)(H,32,35)/t22-/m1/s1. The number of carbonyl (C=O) groups excluding carboxylic acids is 2. The number of nitrogens with two attached hydrogens (primary N) is 1. The predicted octanol–water partition coefficient (Wildman–Crippen LogP) is 3.65. The highest BCUT2D eigenvalue weighted by molar-refractivity contribution is 5.99. The van der Waals surface area contributed by atoms with E-state index in [1.54, 1.807) is 46.2 Å². The normalized spacial score (nSPS) is 14.8. The van der Waals surface area contributed by atoms with E-state index in [0.717, 1.165) is 16.7 Å². The monoisotopic (exact) mass is 512 g/mol. The van der Waals surface area contributed by atoms with E-state index in [4.69, 9.17) is 15.2 Å².